The molecule has 18 heavy (non-hydrogen) atoms. The number of aryl methyl sites for hydroxylation is 1. The molecule has 0 bridgehead atoms. The van der Waals surface area contributed by atoms with Crippen molar-refractivity contribution >= 4 is 0 Å². The Morgan fingerprint density at radius 2 is 1.67 bits per heavy atom. The van der Waals surface area contributed by atoms with E-state index in [0.29, 0.717) is 5.56 Å². The van der Waals surface area contributed by atoms with Crippen LogP contribution < -0.4 is 0 Å². The van der Waals surface area contributed by atoms with E-state index in [1.54, 1.807) is 6.92 Å². The van der Waals surface area contributed by atoms with Gasteiger partial charge in [-0.05, 0) is 48.4 Å². The average molecular weight is 252 g/mol. The SMILES string of the molecule is Cc1cc(F)cc(C(O)c2cc(F)ccc2F)c1. The molecule has 94 valence electrons. The molecule has 0 fully saturated rings. The summed E-state index contributed by atoms with van der Waals surface area (Å²) in [7, 11) is 0. The highest BCUT2D eigenvalue weighted by Crippen LogP contribution is 2.26. The first-order valence-corrected chi connectivity index (χ1v) is 5.37. The second-order valence-electron chi connectivity index (χ2n) is 4.13. The predicted octanol–water partition coefficient (Wildman–Crippen LogP) is 3.49. The molecule has 1 atom stereocenters. The Bertz CT molecular complexity index is 561. The lowest BCUT2D eigenvalue weighted by molar-refractivity contribution is 0.213. The van der Waals surface area contributed by atoms with Crippen LogP contribution in [0.1, 0.15) is 22.8 Å². The second-order valence-corrected chi connectivity index (χ2v) is 4.13. The van der Waals surface area contributed by atoms with E-state index >= 15 is 0 Å². The fourth-order valence-corrected chi connectivity index (χ4v) is 1.83. The van der Waals surface area contributed by atoms with Crippen LogP contribution in [0.5, 0.6) is 0 Å². The van der Waals surface area contributed by atoms with Crippen molar-refractivity contribution in [3.63, 3.8) is 0 Å². The maximum atomic E-state index is 13.5. The molecule has 2 aromatic carbocycles. The van der Waals surface area contributed by atoms with Crippen molar-refractivity contribution in [3.8, 4) is 0 Å². The lowest BCUT2D eigenvalue weighted by Gasteiger charge is -2.13. The molecule has 0 aliphatic carbocycles. The number of aliphatic hydroxyl groups excluding tert-OH is 1. The maximum Gasteiger partial charge on any atom is 0.129 e. The van der Waals surface area contributed by atoms with Crippen LogP contribution in [-0.4, -0.2) is 5.11 Å². The molecule has 0 aliphatic rings. The minimum absolute atomic E-state index is 0.192. The Balaban J connectivity index is 2.47. The highest BCUT2D eigenvalue weighted by atomic mass is 19.1. The van der Waals surface area contributed by atoms with Gasteiger partial charge in [0.2, 0.25) is 0 Å². The number of hydrogen-bond acceptors (Lipinski definition) is 1. The Morgan fingerprint density at radius 1 is 0.944 bits per heavy atom. The van der Waals surface area contributed by atoms with Crippen LogP contribution in [0.3, 0.4) is 0 Å². The molecule has 0 aliphatic heterocycles. The minimum atomic E-state index is -1.39. The lowest BCUT2D eigenvalue weighted by atomic mass is 9.99. The summed E-state index contributed by atoms with van der Waals surface area (Å²) >= 11 is 0. The third-order valence-corrected chi connectivity index (χ3v) is 2.63. The van der Waals surface area contributed by atoms with Crippen LogP contribution in [0.15, 0.2) is 36.4 Å². The van der Waals surface area contributed by atoms with E-state index in [4.69, 9.17) is 0 Å². The third kappa shape index (κ3) is 2.54. The number of rotatable bonds is 2. The first-order chi connectivity index (χ1) is 8.47. The van der Waals surface area contributed by atoms with Crippen molar-refractivity contribution in [2.45, 2.75) is 13.0 Å². The van der Waals surface area contributed by atoms with Crippen molar-refractivity contribution in [1.29, 1.82) is 0 Å². The smallest absolute Gasteiger partial charge is 0.129 e. The fourth-order valence-electron chi connectivity index (χ4n) is 1.83. The molecule has 1 unspecified atom stereocenters. The minimum Gasteiger partial charge on any atom is -0.384 e. The summed E-state index contributed by atoms with van der Waals surface area (Å²) in [5.41, 5.74) is 0.581. The summed E-state index contributed by atoms with van der Waals surface area (Å²) in [5, 5.41) is 9.97. The summed E-state index contributed by atoms with van der Waals surface area (Å²) in [6.07, 6.45) is -1.39. The summed E-state index contributed by atoms with van der Waals surface area (Å²) in [6, 6.07) is 6.71. The fraction of sp³-hybridized carbons (Fsp3) is 0.143. The molecule has 1 nitrogen and oxygen atoms in total. The molecule has 0 aromatic heterocycles. The van der Waals surface area contributed by atoms with Crippen molar-refractivity contribution in [1.82, 2.24) is 0 Å². The standard InChI is InChI=1S/C14H11F3O/c1-8-4-9(6-11(16)5-8)14(18)12-7-10(15)2-3-13(12)17/h2-7,14,18H,1H3. The quantitative estimate of drug-likeness (QED) is 0.867. The van der Waals surface area contributed by atoms with Crippen LogP contribution in [0.25, 0.3) is 0 Å². The molecule has 0 heterocycles. The molecule has 0 saturated carbocycles. The predicted molar refractivity (Wildman–Crippen MR) is 61.6 cm³/mol. The summed E-state index contributed by atoms with van der Waals surface area (Å²) in [4.78, 5) is 0. The number of aliphatic hydroxyl groups is 1. The number of halogens is 3. The lowest BCUT2D eigenvalue weighted by Crippen LogP contribution is -2.04. The Labute approximate surface area is 103 Å². The molecule has 0 spiro atoms. The molecular weight excluding hydrogens is 241 g/mol. The average Bonchev–Trinajstić information content (AvgIpc) is 2.30. The summed E-state index contributed by atoms with van der Waals surface area (Å²) in [6.45, 7) is 1.65. The van der Waals surface area contributed by atoms with Gasteiger partial charge in [-0.15, -0.1) is 0 Å². The molecule has 2 aromatic rings. The molecule has 1 N–H and O–H groups in total. The number of hydrogen-bond donors (Lipinski definition) is 1. The number of benzene rings is 2. The summed E-state index contributed by atoms with van der Waals surface area (Å²) < 4.78 is 39.7. The van der Waals surface area contributed by atoms with Crippen molar-refractivity contribution in [2.24, 2.45) is 0 Å². The second kappa shape index (κ2) is 4.82. The van der Waals surface area contributed by atoms with E-state index in [0.717, 1.165) is 24.3 Å². The highest BCUT2D eigenvalue weighted by molar-refractivity contribution is 5.33. The van der Waals surface area contributed by atoms with Crippen LogP contribution in [0, 0.1) is 24.4 Å². The largest absolute Gasteiger partial charge is 0.384 e. The van der Waals surface area contributed by atoms with Gasteiger partial charge in [-0.25, -0.2) is 13.2 Å². The zero-order valence-corrected chi connectivity index (χ0v) is 9.62. The van der Waals surface area contributed by atoms with Crippen LogP contribution in [-0.2, 0) is 0 Å². The third-order valence-electron chi connectivity index (χ3n) is 2.63. The van der Waals surface area contributed by atoms with Gasteiger partial charge in [-0.1, -0.05) is 6.07 Å². The van der Waals surface area contributed by atoms with Gasteiger partial charge in [0.15, 0.2) is 0 Å². The molecular formula is C14H11F3O. The van der Waals surface area contributed by atoms with Gasteiger partial charge in [-0.2, -0.15) is 0 Å². The van der Waals surface area contributed by atoms with E-state index in [9.17, 15) is 18.3 Å². The van der Waals surface area contributed by atoms with E-state index in [1.165, 1.54) is 12.1 Å². The first-order valence-electron chi connectivity index (χ1n) is 5.37. The van der Waals surface area contributed by atoms with E-state index in [2.05, 4.69) is 0 Å². The van der Waals surface area contributed by atoms with E-state index < -0.39 is 23.6 Å². The zero-order chi connectivity index (χ0) is 13.3. The van der Waals surface area contributed by atoms with Gasteiger partial charge in [0.25, 0.3) is 0 Å². The van der Waals surface area contributed by atoms with E-state index in [-0.39, 0.29) is 11.1 Å². The monoisotopic (exact) mass is 252 g/mol. The topological polar surface area (TPSA) is 20.2 Å². The summed E-state index contributed by atoms with van der Waals surface area (Å²) in [5.74, 6) is -1.91. The van der Waals surface area contributed by atoms with Crippen LogP contribution >= 0.6 is 0 Å². The van der Waals surface area contributed by atoms with Gasteiger partial charge in [0.1, 0.15) is 23.6 Å². The van der Waals surface area contributed by atoms with E-state index in [1.807, 2.05) is 0 Å². The van der Waals surface area contributed by atoms with Gasteiger partial charge in [0, 0.05) is 5.56 Å². The van der Waals surface area contributed by atoms with Gasteiger partial charge < -0.3 is 5.11 Å². The molecule has 0 radical (unpaired) electrons. The van der Waals surface area contributed by atoms with Gasteiger partial charge in [0.05, 0.1) is 0 Å². The van der Waals surface area contributed by atoms with Crippen molar-refractivity contribution in [2.75, 3.05) is 0 Å². The first kappa shape index (κ1) is 12.6. The Morgan fingerprint density at radius 3 is 2.33 bits per heavy atom. The molecule has 2 rings (SSSR count). The molecule has 0 saturated heterocycles. The van der Waals surface area contributed by atoms with Gasteiger partial charge >= 0.3 is 0 Å². The normalized spacial score (nSPS) is 12.5. The van der Waals surface area contributed by atoms with Crippen molar-refractivity contribution < 1.29 is 18.3 Å². The van der Waals surface area contributed by atoms with Gasteiger partial charge in [-0.3, -0.25) is 0 Å². The van der Waals surface area contributed by atoms with Crippen LogP contribution in [0.4, 0.5) is 13.2 Å². The zero-order valence-electron chi connectivity index (χ0n) is 9.62. The highest BCUT2D eigenvalue weighted by Gasteiger charge is 2.16. The van der Waals surface area contributed by atoms with Crippen LogP contribution in [0.2, 0.25) is 0 Å². The Hall–Kier alpha value is -1.81. The molecule has 4 heteroatoms. The van der Waals surface area contributed by atoms with Crippen molar-refractivity contribution in [3.05, 3.63) is 70.5 Å². The Kier molecular flexibility index (Phi) is 3.39. The maximum absolute atomic E-state index is 13.5. The molecule has 0 amide bonds.